The van der Waals surface area contributed by atoms with E-state index in [2.05, 4.69) is 31.0 Å². The highest BCUT2D eigenvalue weighted by Gasteiger charge is 2.05. The highest BCUT2D eigenvalue weighted by molar-refractivity contribution is 9.10. The molecule has 0 N–H and O–H groups in total. The molecular formula is C6H5BrN4OS. The van der Waals surface area contributed by atoms with Crippen molar-refractivity contribution < 1.29 is 4.74 Å². The Morgan fingerprint density at radius 3 is 3.00 bits per heavy atom. The van der Waals surface area contributed by atoms with Crippen molar-refractivity contribution in [3.63, 3.8) is 0 Å². The van der Waals surface area contributed by atoms with Gasteiger partial charge in [-0.1, -0.05) is 11.3 Å². The van der Waals surface area contributed by atoms with Crippen LogP contribution in [0.5, 0.6) is 11.2 Å². The molecule has 7 heteroatoms. The van der Waals surface area contributed by atoms with Crippen LogP contribution in [0.1, 0.15) is 0 Å². The van der Waals surface area contributed by atoms with Crippen LogP contribution in [0.25, 0.3) is 0 Å². The van der Waals surface area contributed by atoms with E-state index in [1.165, 1.54) is 11.3 Å². The number of aromatic nitrogens is 4. The van der Waals surface area contributed by atoms with Gasteiger partial charge in [0.25, 0.3) is 5.19 Å². The third-order valence-corrected chi connectivity index (χ3v) is 2.64. The molecule has 0 saturated heterocycles. The molecule has 0 aliphatic rings. The highest BCUT2D eigenvalue weighted by atomic mass is 79.9. The van der Waals surface area contributed by atoms with Crippen LogP contribution in [-0.4, -0.2) is 19.7 Å². The molecule has 0 bridgehead atoms. The number of thiazole rings is 1. The second-order valence-electron chi connectivity index (χ2n) is 2.24. The third kappa shape index (κ3) is 2.04. The zero-order valence-electron chi connectivity index (χ0n) is 6.64. The van der Waals surface area contributed by atoms with E-state index in [1.54, 1.807) is 18.1 Å². The van der Waals surface area contributed by atoms with Gasteiger partial charge in [0.05, 0.1) is 0 Å². The van der Waals surface area contributed by atoms with Crippen molar-refractivity contribution in [2.45, 2.75) is 0 Å². The maximum atomic E-state index is 5.25. The Balaban J connectivity index is 2.14. The Kier molecular flexibility index (Phi) is 2.28. The molecule has 0 radical (unpaired) electrons. The van der Waals surface area contributed by atoms with Gasteiger partial charge in [0.2, 0.25) is 0 Å². The number of halogens is 1. The lowest BCUT2D eigenvalue weighted by Gasteiger charge is -1.91. The molecule has 0 fully saturated rings. The van der Waals surface area contributed by atoms with Crippen LogP contribution in [-0.2, 0) is 7.05 Å². The van der Waals surface area contributed by atoms with Crippen LogP contribution in [0, 0.1) is 0 Å². The second kappa shape index (κ2) is 3.43. The summed E-state index contributed by atoms with van der Waals surface area (Å²) in [6.45, 7) is 0. The summed E-state index contributed by atoms with van der Waals surface area (Å²) >= 11 is 4.61. The van der Waals surface area contributed by atoms with Crippen LogP contribution >= 0.6 is 27.3 Å². The zero-order valence-corrected chi connectivity index (χ0v) is 9.04. The van der Waals surface area contributed by atoms with Crippen molar-refractivity contribution in [3.05, 3.63) is 16.3 Å². The molecule has 0 aliphatic carbocycles. The summed E-state index contributed by atoms with van der Waals surface area (Å²) in [7, 11) is 1.78. The predicted octanol–water partition coefficient (Wildman–Crippen LogP) is 1.83. The van der Waals surface area contributed by atoms with Crippen LogP contribution in [0.3, 0.4) is 0 Å². The molecule has 0 unspecified atom stereocenters. The van der Waals surface area contributed by atoms with E-state index in [1.807, 2.05) is 5.38 Å². The largest absolute Gasteiger partial charge is 0.394 e. The summed E-state index contributed by atoms with van der Waals surface area (Å²) in [4.78, 5) is 7.94. The summed E-state index contributed by atoms with van der Waals surface area (Å²) in [5.74, 6) is 0. The summed E-state index contributed by atoms with van der Waals surface area (Å²) in [5, 5.41) is 6.31. The van der Waals surface area contributed by atoms with Crippen LogP contribution in [0.15, 0.2) is 16.3 Å². The summed E-state index contributed by atoms with van der Waals surface area (Å²) < 4.78 is 7.57. The molecule has 0 aromatic carbocycles. The molecule has 68 valence electrons. The molecular weight excluding hydrogens is 256 g/mol. The predicted molar refractivity (Wildman–Crippen MR) is 50.9 cm³/mol. The minimum absolute atomic E-state index is 0.310. The first-order valence-electron chi connectivity index (χ1n) is 3.38. The Labute approximate surface area is 86.5 Å². The number of rotatable bonds is 2. The van der Waals surface area contributed by atoms with Gasteiger partial charge < -0.3 is 4.74 Å². The Hall–Kier alpha value is -0.950. The van der Waals surface area contributed by atoms with Gasteiger partial charge in [-0.3, -0.25) is 4.68 Å². The quantitative estimate of drug-likeness (QED) is 0.827. The molecule has 0 spiro atoms. The van der Waals surface area contributed by atoms with E-state index in [-0.39, 0.29) is 0 Å². The fraction of sp³-hybridized carbons (Fsp3) is 0.167. The Morgan fingerprint density at radius 2 is 2.46 bits per heavy atom. The maximum absolute atomic E-state index is 5.25. The smallest absolute Gasteiger partial charge is 0.342 e. The summed E-state index contributed by atoms with van der Waals surface area (Å²) in [5.41, 5.74) is 0. The number of aryl methyl sites for hydroxylation is 1. The van der Waals surface area contributed by atoms with Crippen molar-refractivity contribution >= 4 is 27.3 Å². The molecule has 0 amide bonds. The lowest BCUT2D eigenvalue weighted by atomic mass is 11.0. The first kappa shape index (κ1) is 8.64. The number of nitrogens with zero attached hydrogens (tertiary/aromatic N) is 4. The normalized spacial score (nSPS) is 10.3. The molecule has 0 saturated carbocycles. The van der Waals surface area contributed by atoms with Gasteiger partial charge in [-0.2, -0.15) is 9.97 Å². The van der Waals surface area contributed by atoms with Gasteiger partial charge >= 0.3 is 6.01 Å². The van der Waals surface area contributed by atoms with E-state index in [0.29, 0.717) is 11.2 Å². The molecule has 0 atom stereocenters. The van der Waals surface area contributed by atoms with Crippen molar-refractivity contribution in [2.24, 2.45) is 7.05 Å². The maximum Gasteiger partial charge on any atom is 0.342 e. The van der Waals surface area contributed by atoms with Crippen molar-refractivity contribution in [2.75, 3.05) is 0 Å². The first-order valence-corrected chi connectivity index (χ1v) is 5.06. The Morgan fingerprint density at radius 1 is 1.62 bits per heavy atom. The van der Waals surface area contributed by atoms with E-state index >= 15 is 0 Å². The van der Waals surface area contributed by atoms with Gasteiger partial charge in [0.15, 0.2) is 0 Å². The zero-order chi connectivity index (χ0) is 9.26. The second-order valence-corrected chi connectivity index (χ2v) is 3.87. The van der Waals surface area contributed by atoms with E-state index in [9.17, 15) is 0 Å². The van der Waals surface area contributed by atoms with Crippen LogP contribution < -0.4 is 4.74 Å². The van der Waals surface area contributed by atoms with Gasteiger partial charge in [-0.05, 0) is 15.9 Å². The topological polar surface area (TPSA) is 52.8 Å². The molecule has 2 heterocycles. The molecule has 2 aromatic rings. The molecule has 13 heavy (non-hydrogen) atoms. The van der Waals surface area contributed by atoms with Crippen molar-refractivity contribution in [1.82, 2.24) is 19.7 Å². The SMILES string of the molecule is Cn1cnc(Oc2nc(Br)cs2)n1. The van der Waals surface area contributed by atoms with Gasteiger partial charge in [-0.25, -0.2) is 0 Å². The molecule has 5 nitrogen and oxygen atoms in total. The monoisotopic (exact) mass is 260 g/mol. The minimum Gasteiger partial charge on any atom is -0.394 e. The number of ether oxygens (including phenoxy) is 1. The van der Waals surface area contributed by atoms with E-state index in [0.717, 1.165) is 4.60 Å². The van der Waals surface area contributed by atoms with Crippen LogP contribution in [0.2, 0.25) is 0 Å². The van der Waals surface area contributed by atoms with E-state index in [4.69, 9.17) is 4.74 Å². The Bertz CT molecular complexity index is 374. The highest BCUT2D eigenvalue weighted by Crippen LogP contribution is 2.24. The lowest BCUT2D eigenvalue weighted by molar-refractivity contribution is 0.435. The van der Waals surface area contributed by atoms with Gasteiger partial charge in [0.1, 0.15) is 10.9 Å². The van der Waals surface area contributed by atoms with Gasteiger partial charge in [-0.15, -0.1) is 5.10 Å². The average Bonchev–Trinajstić information content (AvgIpc) is 2.62. The molecule has 0 aliphatic heterocycles. The summed E-state index contributed by atoms with van der Waals surface area (Å²) in [6.07, 6.45) is 1.57. The standard InChI is InChI=1S/C6H5BrN4OS/c1-11-3-8-5(10-11)12-6-9-4(7)2-13-6/h2-3H,1H3. The van der Waals surface area contributed by atoms with Crippen molar-refractivity contribution in [3.8, 4) is 11.2 Å². The summed E-state index contributed by atoms with van der Waals surface area (Å²) in [6, 6.07) is 0.310. The van der Waals surface area contributed by atoms with E-state index < -0.39 is 0 Å². The number of hydrogen-bond acceptors (Lipinski definition) is 5. The van der Waals surface area contributed by atoms with Gasteiger partial charge in [0, 0.05) is 12.4 Å². The fourth-order valence-electron chi connectivity index (χ4n) is 0.730. The minimum atomic E-state index is 0.310. The first-order chi connectivity index (χ1) is 6.24. The molecule has 2 aromatic heterocycles. The average molecular weight is 261 g/mol. The number of hydrogen-bond donors (Lipinski definition) is 0. The third-order valence-electron chi connectivity index (χ3n) is 1.21. The fourth-order valence-corrected chi connectivity index (χ4v) is 1.81. The van der Waals surface area contributed by atoms with Crippen molar-refractivity contribution in [1.29, 1.82) is 0 Å². The lowest BCUT2D eigenvalue weighted by Crippen LogP contribution is -1.89. The molecule has 2 rings (SSSR count). The van der Waals surface area contributed by atoms with Crippen LogP contribution in [0.4, 0.5) is 0 Å².